The first-order valence-electron chi connectivity index (χ1n) is 9.50. The zero-order chi connectivity index (χ0) is 20.1. The van der Waals surface area contributed by atoms with Gasteiger partial charge < -0.3 is 14.4 Å². The van der Waals surface area contributed by atoms with Crippen LogP contribution in [0.25, 0.3) is 17.3 Å². The maximum atomic E-state index is 12.6. The fourth-order valence-electron chi connectivity index (χ4n) is 3.13. The molecule has 29 heavy (non-hydrogen) atoms. The van der Waals surface area contributed by atoms with E-state index in [4.69, 9.17) is 14.5 Å². The molecule has 1 aromatic heterocycles. The van der Waals surface area contributed by atoms with E-state index in [1.807, 2.05) is 36.4 Å². The highest BCUT2D eigenvalue weighted by atomic mass is 32.1. The summed E-state index contributed by atoms with van der Waals surface area (Å²) in [7, 11) is 1.61. The number of anilines is 1. The lowest BCUT2D eigenvalue weighted by Crippen LogP contribution is -2.36. The number of carbonyl (C=O) groups excluding carboxylic acids is 1. The van der Waals surface area contributed by atoms with Crippen LogP contribution in [0.1, 0.15) is 15.2 Å². The smallest absolute Gasteiger partial charge is 0.186 e. The number of hydrogen-bond donors (Lipinski definition) is 0. The van der Waals surface area contributed by atoms with E-state index < -0.39 is 0 Å². The summed E-state index contributed by atoms with van der Waals surface area (Å²) >= 11 is 1.60. The Labute approximate surface area is 174 Å². The molecule has 0 saturated carbocycles. The zero-order valence-corrected chi connectivity index (χ0v) is 17.0. The standard InChI is InChI=1S/C23H22N2O3S/c1-27-19-9-7-17(8-10-19)20(26)11-12-21-22(18-5-3-2-4-6-18)24-23(29-21)25-13-15-28-16-14-25/h2-12H,13-16H2,1H3/b12-11+. The van der Waals surface area contributed by atoms with Gasteiger partial charge in [0.05, 0.1) is 30.9 Å². The topological polar surface area (TPSA) is 51.7 Å². The largest absolute Gasteiger partial charge is 0.497 e. The number of allylic oxidation sites excluding steroid dienone is 1. The van der Waals surface area contributed by atoms with Crippen molar-refractivity contribution in [3.8, 4) is 17.0 Å². The van der Waals surface area contributed by atoms with Crippen molar-refractivity contribution >= 4 is 28.3 Å². The molecular formula is C23H22N2O3S. The molecule has 0 spiro atoms. The Balaban J connectivity index is 1.62. The first kappa shape index (κ1) is 19.4. The molecule has 0 radical (unpaired) electrons. The molecular weight excluding hydrogens is 384 g/mol. The second kappa shape index (κ2) is 9.03. The lowest BCUT2D eigenvalue weighted by Gasteiger charge is -2.26. The second-order valence-electron chi connectivity index (χ2n) is 6.60. The average Bonchev–Trinajstić information content (AvgIpc) is 3.23. The SMILES string of the molecule is COc1ccc(C(=O)/C=C/c2sc(N3CCOCC3)nc2-c2ccccc2)cc1. The molecule has 1 saturated heterocycles. The summed E-state index contributed by atoms with van der Waals surface area (Å²) in [5, 5.41) is 0.962. The van der Waals surface area contributed by atoms with Crippen molar-refractivity contribution in [3.63, 3.8) is 0 Å². The van der Waals surface area contributed by atoms with E-state index in [2.05, 4.69) is 4.90 Å². The number of carbonyl (C=O) groups is 1. The number of ketones is 1. The molecule has 0 atom stereocenters. The Morgan fingerprint density at radius 2 is 1.83 bits per heavy atom. The second-order valence-corrected chi connectivity index (χ2v) is 7.61. The molecule has 2 aromatic carbocycles. The fraction of sp³-hybridized carbons (Fsp3) is 0.217. The minimum Gasteiger partial charge on any atom is -0.497 e. The molecule has 1 fully saturated rings. The van der Waals surface area contributed by atoms with Crippen LogP contribution in [0.5, 0.6) is 5.75 Å². The Morgan fingerprint density at radius 1 is 1.10 bits per heavy atom. The summed E-state index contributed by atoms with van der Waals surface area (Å²) in [6.07, 6.45) is 3.49. The number of methoxy groups -OCH3 is 1. The molecule has 0 aliphatic carbocycles. The first-order chi connectivity index (χ1) is 14.2. The van der Waals surface area contributed by atoms with Crippen LogP contribution >= 0.6 is 11.3 Å². The molecule has 1 aliphatic rings. The monoisotopic (exact) mass is 406 g/mol. The summed E-state index contributed by atoms with van der Waals surface area (Å²) in [5.41, 5.74) is 2.57. The summed E-state index contributed by atoms with van der Waals surface area (Å²) in [6.45, 7) is 3.08. The number of rotatable bonds is 6. The molecule has 1 aliphatic heterocycles. The van der Waals surface area contributed by atoms with Gasteiger partial charge in [-0.2, -0.15) is 0 Å². The van der Waals surface area contributed by atoms with Gasteiger partial charge in [-0.15, -0.1) is 0 Å². The predicted molar refractivity (Wildman–Crippen MR) is 117 cm³/mol. The van der Waals surface area contributed by atoms with Crippen molar-refractivity contribution in [1.29, 1.82) is 0 Å². The fourth-order valence-corrected chi connectivity index (χ4v) is 4.17. The Morgan fingerprint density at radius 3 is 2.52 bits per heavy atom. The molecule has 148 valence electrons. The molecule has 4 rings (SSSR count). The third kappa shape index (κ3) is 4.55. The van der Waals surface area contributed by atoms with Crippen LogP contribution in [0.3, 0.4) is 0 Å². The van der Waals surface area contributed by atoms with Gasteiger partial charge in [-0.25, -0.2) is 4.98 Å². The highest BCUT2D eigenvalue weighted by molar-refractivity contribution is 7.17. The molecule has 0 N–H and O–H groups in total. The zero-order valence-electron chi connectivity index (χ0n) is 16.2. The summed E-state index contributed by atoms with van der Waals surface area (Å²) < 4.78 is 10.6. The van der Waals surface area contributed by atoms with Crippen LogP contribution in [0.4, 0.5) is 5.13 Å². The van der Waals surface area contributed by atoms with Crippen LogP contribution < -0.4 is 9.64 Å². The maximum Gasteiger partial charge on any atom is 0.186 e. The van der Waals surface area contributed by atoms with Crippen molar-refractivity contribution in [2.75, 3.05) is 38.3 Å². The third-order valence-corrected chi connectivity index (χ3v) is 5.81. The van der Waals surface area contributed by atoms with Gasteiger partial charge in [-0.05, 0) is 36.4 Å². The van der Waals surface area contributed by atoms with E-state index in [0.29, 0.717) is 18.8 Å². The van der Waals surface area contributed by atoms with Crippen molar-refractivity contribution < 1.29 is 14.3 Å². The number of nitrogens with zero attached hydrogens (tertiary/aromatic N) is 2. The van der Waals surface area contributed by atoms with Crippen molar-refractivity contribution in [1.82, 2.24) is 4.98 Å². The van der Waals surface area contributed by atoms with Gasteiger partial charge in [0, 0.05) is 24.2 Å². The van der Waals surface area contributed by atoms with Crippen LogP contribution in [0.15, 0.2) is 60.7 Å². The van der Waals surface area contributed by atoms with Gasteiger partial charge >= 0.3 is 0 Å². The Hall–Kier alpha value is -2.96. The van der Waals surface area contributed by atoms with Gasteiger partial charge in [-0.1, -0.05) is 41.7 Å². The molecule has 0 amide bonds. The summed E-state index contributed by atoms with van der Waals surface area (Å²) in [4.78, 5) is 20.7. The number of morpholine rings is 1. The summed E-state index contributed by atoms with van der Waals surface area (Å²) in [5.74, 6) is 0.683. The van der Waals surface area contributed by atoms with E-state index in [1.54, 1.807) is 48.8 Å². The third-order valence-electron chi connectivity index (χ3n) is 4.73. The molecule has 6 heteroatoms. The Bertz CT molecular complexity index is 991. The van der Waals surface area contributed by atoms with Gasteiger partial charge in [0.2, 0.25) is 0 Å². The quantitative estimate of drug-likeness (QED) is 0.444. The number of ether oxygens (including phenoxy) is 2. The predicted octanol–water partition coefficient (Wildman–Crippen LogP) is 4.55. The van der Waals surface area contributed by atoms with E-state index in [0.717, 1.165) is 40.1 Å². The van der Waals surface area contributed by atoms with Gasteiger partial charge in [0.1, 0.15) is 5.75 Å². The lowest BCUT2D eigenvalue weighted by molar-refractivity contribution is 0.104. The minimum absolute atomic E-state index is 0.0482. The number of hydrogen-bond acceptors (Lipinski definition) is 6. The molecule has 0 unspecified atom stereocenters. The van der Waals surface area contributed by atoms with Crippen molar-refractivity contribution in [3.05, 3.63) is 71.1 Å². The highest BCUT2D eigenvalue weighted by Gasteiger charge is 2.18. The van der Waals surface area contributed by atoms with Gasteiger partial charge in [0.15, 0.2) is 10.9 Å². The number of aromatic nitrogens is 1. The van der Waals surface area contributed by atoms with Crippen LogP contribution in [-0.2, 0) is 4.74 Å². The average molecular weight is 407 g/mol. The van der Waals surface area contributed by atoms with E-state index in [9.17, 15) is 4.79 Å². The van der Waals surface area contributed by atoms with Gasteiger partial charge in [-0.3, -0.25) is 4.79 Å². The highest BCUT2D eigenvalue weighted by Crippen LogP contribution is 2.34. The van der Waals surface area contributed by atoms with Crippen LogP contribution in [-0.4, -0.2) is 44.2 Å². The molecule has 2 heterocycles. The molecule has 5 nitrogen and oxygen atoms in total. The minimum atomic E-state index is -0.0482. The lowest BCUT2D eigenvalue weighted by atomic mass is 10.1. The Kier molecular flexibility index (Phi) is 6.03. The normalized spacial score (nSPS) is 14.3. The molecule has 0 bridgehead atoms. The van der Waals surface area contributed by atoms with E-state index >= 15 is 0 Å². The van der Waals surface area contributed by atoms with Gasteiger partial charge in [0.25, 0.3) is 0 Å². The van der Waals surface area contributed by atoms with Crippen molar-refractivity contribution in [2.24, 2.45) is 0 Å². The molecule has 3 aromatic rings. The van der Waals surface area contributed by atoms with E-state index in [1.165, 1.54) is 0 Å². The number of benzene rings is 2. The van der Waals surface area contributed by atoms with Crippen molar-refractivity contribution in [2.45, 2.75) is 0 Å². The summed E-state index contributed by atoms with van der Waals surface area (Å²) in [6, 6.07) is 17.2. The maximum absolute atomic E-state index is 12.6. The number of thiazole rings is 1. The van der Waals surface area contributed by atoms with E-state index in [-0.39, 0.29) is 5.78 Å². The first-order valence-corrected chi connectivity index (χ1v) is 10.3. The van der Waals surface area contributed by atoms with Crippen LogP contribution in [0.2, 0.25) is 0 Å². The van der Waals surface area contributed by atoms with Crippen LogP contribution in [0, 0.1) is 0 Å².